The van der Waals surface area contributed by atoms with Crippen LogP contribution in [-0.2, 0) is 6.42 Å². The molecule has 32 heavy (non-hydrogen) atoms. The van der Waals surface area contributed by atoms with E-state index in [1.165, 1.54) is 12.1 Å². The van der Waals surface area contributed by atoms with Gasteiger partial charge < -0.3 is 5.11 Å². The van der Waals surface area contributed by atoms with Gasteiger partial charge in [-0.2, -0.15) is 57.1 Å². The lowest BCUT2D eigenvalue weighted by molar-refractivity contribution is -0.440. The number of halogens is 13. The van der Waals surface area contributed by atoms with Crippen LogP contribution in [-0.4, -0.2) is 40.9 Å². The summed E-state index contributed by atoms with van der Waals surface area (Å²) < 4.78 is 171. The number of aliphatic hydroxyl groups is 1. The van der Waals surface area contributed by atoms with Gasteiger partial charge in [-0.25, -0.2) is 0 Å². The lowest BCUT2D eigenvalue weighted by atomic mass is 9.89. The molecule has 186 valence electrons. The molecule has 0 amide bonds. The molecule has 1 nitrogen and oxygen atoms in total. The largest absolute Gasteiger partial charge is 0.460 e. The Labute approximate surface area is 173 Å². The van der Waals surface area contributed by atoms with Gasteiger partial charge in [0.15, 0.2) is 0 Å². The summed E-state index contributed by atoms with van der Waals surface area (Å²) in [5.74, 6) is -37.3. The molecule has 0 aromatic heterocycles. The minimum Gasteiger partial charge on any atom is -0.388 e. The van der Waals surface area contributed by atoms with Gasteiger partial charge in [0.25, 0.3) is 0 Å². The van der Waals surface area contributed by atoms with Crippen LogP contribution < -0.4 is 0 Å². The number of hydrogen-bond acceptors (Lipinski definition) is 1. The third-order valence-corrected chi connectivity index (χ3v) is 4.43. The molecule has 0 spiro atoms. The Morgan fingerprint density at radius 3 is 1.62 bits per heavy atom. The van der Waals surface area contributed by atoms with Gasteiger partial charge in [0, 0.05) is 6.42 Å². The average Bonchev–Trinajstić information content (AvgIpc) is 2.59. The molecule has 0 aliphatic rings. The van der Waals surface area contributed by atoms with Crippen LogP contribution >= 0.6 is 0 Å². The quantitative estimate of drug-likeness (QED) is 0.364. The second-order valence-corrected chi connectivity index (χ2v) is 7.56. The zero-order valence-corrected chi connectivity index (χ0v) is 16.2. The summed E-state index contributed by atoms with van der Waals surface area (Å²) in [7, 11) is 0. The number of alkyl halides is 13. The molecule has 14 heteroatoms. The molecule has 1 aromatic carbocycles. The van der Waals surface area contributed by atoms with Crippen molar-refractivity contribution in [2.24, 2.45) is 5.92 Å². The molecule has 0 fully saturated rings. The summed E-state index contributed by atoms with van der Waals surface area (Å²) in [6.07, 6.45) is -12.5. The maximum absolute atomic E-state index is 13.9. The highest BCUT2D eigenvalue weighted by Crippen LogP contribution is 2.61. The van der Waals surface area contributed by atoms with Crippen LogP contribution in [0.25, 0.3) is 0 Å². The molecular formula is C18H17F13O. The van der Waals surface area contributed by atoms with Gasteiger partial charge in [0.05, 0.1) is 6.10 Å². The smallest absolute Gasteiger partial charge is 0.388 e. The first-order valence-corrected chi connectivity index (χ1v) is 8.75. The molecule has 0 saturated heterocycles. The third kappa shape index (κ3) is 4.79. The molecule has 0 aliphatic carbocycles. The highest BCUT2D eigenvalue weighted by Gasteiger charge is 2.90. The normalized spacial score (nSPS) is 15.9. The Kier molecular flexibility index (Phi) is 7.57. The van der Waals surface area contributed by atoms with Crippen molar-refractivity contribution in [1.82, 2.24) is 0 Å². The maximum Gasteiger partial charge on any atom is 0.460 e. The predicted molar refractivity (Wildman–Crippen MR) is 85.4 cm³/mol. The van der Waals surface area contributed by atoms with Crippen molar-refractivity contribution >= 4 is 0 Å². The van der Waals surface area contributed by atoms with E-state index in [1.807, 2.05) is 0 Å². The predicted octanol–water partition coefficient (Wildman–Crippen LogP) is 7.05. The average molecular weight is 496 g/mol. The number of benzene rings is 1. The van der Waals surface area contributed by atoms with E-state index >= 15 is 0 Å². The van der Waals surface area contributed by atoms with E-state index < -0.39 is 53.9 Å². The van der Waals surface area contributed by atoms with Crippen LogP contribution in [0.4, 0.5) is 57.1 Å². The van der Waals surface area contributed by atoms with Crippen molar-refractivity contribution in [1.29, 1.82) is 0 Å². The fraction of sp³-hybridized carbons (Fsp3) is 0.667. The van der Waals surface area contributed by atoms with Crippen LogP contribution in [0.1, 0.15) is 37.5 Å². The second-order valence-electron chi connectivity index (χ2n) is 7.56. The molecule has 1 aromatic rings. The first-order valence-electron chi connectivity index (χ1n) is 8.75. The molecule has 0 radical (unpaired) electrons. The molecule has 1 atom stereocenters. The van der Waals surface area contributed by atoms with Crippen LogP contribution in [0, 0.1) is 5.92 Å². The van der Waals surface area contributed by atoms with Crippen molar-refractivity contribution in [2.45, 2.75) is 68.6 Å². The minimum absolute atomic E-state index is 0.00407. The van der Waals surface area contributed by atoms with E-state index in [0.717, 1.165) is 12.1 Å². The van der Waals surface area contributed by atoms with E-state index in [9.17, 15) is 62.2 Å². The molecule has 1 unspecified atom stereocenters. The topological polar surface area (TPSA) is 20.2 Å². The van der Waals surface area contributed by atoms with Gasteiger partial charge >= 0.3 is 35.8 Å². The van der Waals surface area contributed by atoms with Gasteiger partial charge in [-0.15, -0.1) is 0 Å². The molecular weight excluding hydrogens is 479 g/mol. The Hall–Kier alpha value is -1.73. The Bertz CT molecular complexity index is 783. The van der Waals surface area contributed by atoms with E-state index in [-0.39, 0.29) is 5.92 Å². The van der Waals surface area contributed by atoms with Gasteiger partial charge in [0.2, 0.25) is 0 Å². The lowest BCUT2D eigenvalue weighted by Gasteiger charge is -2.40. The van der Waals surface area contributed by atoms with Gasteiger partial charge in [-0.05, 0) is 23.5 Å². The molecule has 0 aliphatic heterocycles. The standard InChI is InChI=1S/C18H17F13O/c1-9(2)6-10-4-3-5-11(7-10)12(32)8-13(19,20)14(21,22)15(23,24)16(25,26)17(27,28)18(29,30)31/h3-5,7,9,12,32H,6,8H2,1-2H3. The third-order valence-electron chi connectivity index (χ3n) is 4.43. The van der Waals surface area contributed by atoms with Crippen molar-refractivity contribution in [3.63, 3.8) is 0 Å². The van der Waals surface area contributed by atoms with E-state index in [0.29, 0.717) is 12.0 Å². The monoisotopic (exact) mass is 496 g/mol. The lowest BCUT2D eigenvalue weighted by Crippen LogP contribution is -2.70. The summed E-state index contributed by atoms with van der Waals surface area (Å²) in [6, 6.07) is 4.56. The summed E-state index contributed by atoms with van der Waals surface area (Å²) in [5, 5.41) is 9.76. The van der Waals surface area contributed by atoms with Crippen LogP contribution in [0.2, 0.25) is 0 Å². The first-order chi connectivity index (χ1) is 14.0. The van der Waals surface area contributed by atoms with Crippen LogP contribution in [0.3, 0.4) is 0 Å². The minimum atomic E-state index is -7.95. The number of aliphatic hydroxyl groups excluding tert-OH is 1. The Balaban J connectivity index is 3.31. The van der Waals surface area contributed by atoms with Crippen molar-refractivity contribution in [3.8, 4) is 0 Å². The van der Waals surface area contributed by atoms with Crippen molar-refractivity contribution < 1.29 is 62.2 Å². The highest BCUT2D eigenvalue weighted by molar-refractivity contribution is 5.26. The van der Waals surface area contributed by atoms with Crippen molar-refractivity contribution in [3.05, 3.63) is 35.4 Å². The number of hydrogen-bond donors (Lipinski definition) is 1. The fourth-order valence-electron chi connectivity index (χ4n) is 2.69. The van der Waals surface area contributed by atoms with Gasteiger partial charge in [0.1, 0.15) is 0 Å². The zero-order valence-electron chi connectivity index (χ0n) is 16.2. The maximum atomic E-state index is 13.9. The summed E-state index contributed by atoms with van der Waals surface area (Å²) in [6.45, 7) is 3.47. The van der Waals surface area contributed by atoms with Crippen molar-refractivity contribution in [2.75, 3.05) is 0 Å². The molecule has 0 heterocycles. The summed E-state index contributed by atoms with van der Waals surface area (Å²) in [4.78, 5) is 0. The molecule has 0 saturated carbocycles. The first kappa shape index (κ1) is 28.3. The molecule has 1 rings (SSSR count). The van der Waals surface area contributed by atoms with E-state index in [2.05, 4.69) is 0 Å². The van der Waals surface area contributed by atoms with Gasteiger partial charge in [-0.3, -0.25) is 0 Å². The second kappa shape index (κ2) is 8.56. The summed E-state index contributed by atoms with van der Waals surface area (Å²) >= 11 is 0. The summed E-state index contributed by atoms with van der Waals surface area (Å²) in [5.41, 5.74) is -0.123. The van der Waals surface area contributed by atoms with E-state index in [4.69, 9.17) is 0 Å². The molecule has 0 bridgehead atoms. The van der Waals surface area contributed by atoms with Gasteiger partial charge in [-0.1, -0.05) is 38.1 Å². The van der Waals surface area contributed by atoms with Crippen LogP contribution in [0.15, 0.2) is 24.3 Å². The SMILES string of the molecule is CC(C)Cc1cccc(C(O)CC(F)(F)C(F)(F)C(F)(F)C(F)(F)C(F)(F)C(F)(F)F)c1. The Morgan fingerprint density at radius 1 is 0.719 bits per heavy atom. The van der Waals surface area contributed by atoms with E-state index in [1.54, 1.807) is 13.8 Å². The Morgan fingerprint density at radius 2 is 1.19 bits per heavy atom. The highest BCUT2D eigenvalue weighted by atomic mass is 19.4. The van der Waals surface area contributed by atoms with Crippen LogP contribution in [0.5, 0.6) is 0 Å². The fourth-order valence-corrected chi connectivity index (χ4v) is 2.69. The number of rotatable bonds is 9. The zero-order chi connectivity index (χ0) is 25.6. The molecule has 1 N–H and O–H groups in total.